The van der Waals surface area contributed by atoms with Crippen molar-refractivity contribution < 1.29 is 19.3 Å². The molecular weight excluding hydrogens is 442 g/mol. The van der Waals surface area contributed by atoms with Gasteiger partial charge in [0.25, 0.3) is 0 Å². The van der Waals surface area contributed by atoms with Gasteiger partial charge >= 0.3 is 0 Å². The third-order valence-electron chi connectivity index (χ3n) is 5.66. The van der Waals surface area contributed by atoms with E-state index in [4.69, 9.17) is 25.7 Å². The van der Waals surface area contributed by atoms with Gasteiger partial charge in [-0.1, -0.05) is 31.0 Å². The second kappa shape index (κ2) is 13.0. The highest BCUT2D eigenvalue weighted by atomic mass is 16.5. The number of para-hydroxylation sites is 1. The van der Waals surface area contributed by atoms with Crippen LogP contribution in [0, 0.1) is 12.3 Å². The lowest BCUT2D eigenvalue weighted by atomic mass is 10.1. The summed E-state index contributed by atoms with van der Waals surface area (Å²) in [5, 5.41) is 15.4. The van der Waals surface area contributed by atoms with Crippen molar-refractivity contribution in [3.8, 4) is 35.4 Å². The van der Waals surface area contributed by atoms with Crippen molar-refractivity contribution in [3.05, 3.63) is 65.9 Å². The molecule has 1 heterocycles. The molecule has 0 saturated carbocycles. The van der Waals surface area contributed by atoms with Crippen LogP contribution in [0.5, 0.6) is 17.4 Å². The number of aliphatic hydroxyl groups is 1. The van der Waals surface area contributed by atoms with E-state index in [1.54, 1.807) is 7.11 Å². The van der Waals surface area contributed by atoms with Gasteiger partial charge in [0.15, 0.2) is 0 Å². The van der Waals surface area contributed by atoms with E-state index < -0.39 is 6.10 Å². The second-order valence-electron chi connectivity index (χ2n) is 8.51. The molecule has 1 aromatic heterocycles. The lowest BCUT2D eigenvalue weighted by Crippen LogP contribution is -2.39. The number of aromatic nitrogens is 2. The fourth-order valence-electron chi connectivity index (χ4n) is 3.76. The molecule has 0 radical (unpaired) electrons. The lowest BCUT2D eigenvalue weighted by molar-refractivity contribution is 0.0190. The number of aryl methyl sites for hydroxylation is 1. The van der Waals surface area contributed by atoms with Crippen LogP contribution in [0.3, 0.4) is 0 Å². The molecule has 1 atom stereocenters. The summed E-state index contributed by atoms with van der Waals surface area (Å²) in [5.41, 5.74) is 2.84. The summed E-state index contributed by atoms with van der Waals surface area (Å²) in [6.45, 7) is 7.66. The van der Waals surface area contributed by atoms with Crippen molar-refractivity contribution in [3.63, 3.8) is 0 Å². The Labute approximate surface area is 208 Å². The first-order valence-corrected chi connectivity index (χ1v) is 11.9. The zero-order valence-electron chi connectivity index (χ0n) is 21.0. The summed E-state index contributed by atoms with van der Waals surface area (Å²) in [6.07, 6.45) is 5.33. The van der Waals surface area contributed by atoms with Gasteiger partial charge in [-0.3, -0.25) is 4.90 Å². The van der Waals surface area contributed by atoms with Crippen LogP contribution in [0.2, 0.25) is 0 Å². The summed E-state index contributed by atoms with van der Waals surface area (Å²) in [4.78, 5) is 2.19. The van der Waals surface area contributed by atoms with Gasteiger partial charge in [0.05, 0.1) is 36.8 Å². The minimum Gasteiger partial charge on any atom is -0.497 e. The summed E-state index contributed by atoms with van der Waals surface area (Å²) in [7, 11) is 1.64. The van der Waals surface area contributed by atoms with Gasteiger partial charge < -0.3 is 19.3 Å². The smallest absolute Gasteiger partial charge is 0.227 e. The maximum atomic E-state index is 10.5. The highest BCUT2D eigenvalue weighted by molar-refractivity contribution is 5.44. The number of hydrogen-bond acceptors (Lipinski definition) is 6. The number of ether oxygens (including phenoxy) is 3. The maximum absolute atomic E-state index is 10.5. The van der Waals surface area contributed by atoms with Crippen LogP contribution < -0.4 is 9.47 Å². The molecular formula is C28H35N3O4. The number of benzene rings is 2. The molecule has 7 nitrogen and oxygen atoms in total. The highest BCUT2D eigenvalue weighted by Crippen LogP contribution is 2.33. The molecule has 0 aliphatic heterocycles. The van der Waals surface area contributed by atoms with E-state index in [2.05, 4.69) is 31.6 Å². The van der Waals surface area contributed by atoms with Crippen LogP contribution in [0.15, 0.2) is 54.6 Å². The molecule has 2 aromatic carbocycles. The molecule has 1 N–H and O–H groups in total. The maximum Gasteiger partial charge on any atom is 0.227 e. The molecule has 0 aliphatic rings. The third-order valence-corrected chi connectivity index (χ3v) is 5.66. The van der Waals surface area contributed by atoms with Crippen molar-refractivity contribution in [2.75, 3.05) is 26.9 Å². The molecule has 0 spiro atoms. The van der Waals surface area contributed by atoms with Gasteiger partial charge in [0, 0.05) is 19.1 Å². The Morgan fingerprint density at radius 1 is 1.09 bits per heavy atom. The molecule has 0 bridgehead atoms. The average Bonchev–Trinajstić information content (AvgIpc) is 3.21. The molecule has 3 rings (SSSR count). The number of aliphatic hydroxyl groups excluding tert-OH is 1. The standard InChI is InChI=1S/C28H35N3O4/c1-6-17-34-20-23(32)18-30(21(3)4)19-26-27(7-2)29-31(22-11-9-8-10-12-22)28(26)35-25-15-13-24(33-5)14-16-25/h1,8-16,21,23,32H,7,17-20H2,2-5H3/t23-/m0/s1. The van der Waals surface area contributed by atoms with Gasteiger partial charge in [-0.25, -0.2) is 4.68 Å². The van der Waals surface area contributed by atoms with Gasteiger partial charge in [-0.15, -0.1) is 6.42 Å². The Morgan fingerprint density at radius 2 is 1.77 bits per heavy atom. The third kappa shape index (κ3) is 7.09. The Balaban J connectivity index is 1.97. The van der Waals surface area contributed by atoms with E-state index in [9.17, 15) is 5.11 Å². The fraction of sp³-hybridized carbons (Fsp3) is 0.393. The molecule has 0 aliphatic carbocycles. The average molecular weight is 478 g/mol. The fourth-order valence-corrected chi connectivity index (χ4v) is 3.76. The number of terminal acetylenes is 1. The predicted octanol–water partition coefficient (Wildman–Crippen LogP) is 4.46. The van der Waals surface area contributed by atoms with E-state index in [-0.39, 0.29) is 19.3 Å². The van der Waals surface area contributed by atoms with Gasteiger partial charge in [0.1, 0.15) is 18.1 Å². The Bertz CT molecular complexity index is 1090. The van der Waals surface area contributed by atoms with Crippen molar-refractivity contribution >= 4 is 0 Å². The highest BCUT2D eigenvalue weighted by Gasteiger charge is 2.25. The number of hydrogen-bond donors (Lipinski definition) is 1. The van der Waals surface area contributed by atoms with E-state index in [1.165, 1.54) is 0 Å². The Morgan fingerprint density at radius 3 is 2.37 bits per heavy atom. The van der Waals surface area contributed by atoms with Crippen LogP contribution in [-0.2, 0) is 17.7 Å². The van der Waals surface area contributed by atoms with Crippen LogP contribution in [0.25, 0.3) is 5.69 Å². The molecule has 186 valence electrons. The monoisotopic (exact) mass is 477 g/mol. The van der Waals surface area contributed by atoms with E-state index >= 15 is 0 Å². The summed E-state index contributed by atoms with van der Waals surface area (Å²) < 4.78 is 18.9. The van der Waals surface area contributed by atoms with Crippen molar-refractivity contribution in [1.29, 1.82) is 0 Å². The SMILES string of the molecule is C#CCOC[C@@H](O)CN(Cc1c(CC)nn(-c2ccccc2)c1Oc1ccc(OC)cc1)C(C)C. The summed E-state index contributed by atoms with van der Waals surface area (Å²) in [5.74, 6) is 4.53. The first-order chi connectivity index (χ1) is 17.0. The first-order valence-electron chi connectivity index (χ1n) is 11.9. The van der Waals surface area contributed by atoms with Crippen LogP contribution in [-0.4, -0.2) is 58.8 Å². The van der Waals surface area contributed by atoms with Crippen LogP contribution >= 0.6 is 0 Å². The number of rotatable bonds is 13. The number of nitrogens with zero attached hydrogens (tertiary/aromatic N) is 3. The molecule has 7 heteroatoms. The minimum absolute atomic E-state index is 0.177. The van der Waals surface area contributed by atoms with E-state index in [1.807, 2.05) is 59.3 Å². The zero-order valence-corrected chi connectivity index (χ0v) is 21.0. The van der Waals surface area contributed by atoms with Gasteiger partial charge in [-0.05, 0) is 56.7 Å². The lowest BCUT2D eigenvalue weighted by Gasteiger charge is -2.29. The molecule has 35 heavy (non-hydrogen) atoms. The van der Waals surface area contributed by atoms with Crippen molar-refractivity contribution in [2.24, 2.45) is 0 Å². The summed E-state index contributed by atoms with van der Waals surface area (Å²) >= 11 is 0. The largest absolute Gasteiger partial charge is 0.497 e. The quantitative estimate of drug-likeness (QED) is 0.290. The second-order valence-corrected chi connectivity index (χ2v) is 8.51. The van der Waals surface area contributed by atoms with Crippen LogP contribution in [0.4, 0.5) is 0 Å². The van der Waals surface area contributed by atoms with E-state index in [0.717, 1.165) is 29.1 Å². The Hall–Kier alpha value is -3.31. The topological polar surface area (TPSA) is 69.0 Å². The van der Waals surface area contributed by atoms with Gasteiger partial charge in [0.2, 0.25) is 5.88 Å². The molecule has 0 saturated heterocycles. The predicted molar refractivity (Wildman–Crippen MR) is 137 cm³/mol. The molecule has 3 aromatic rings. The van der Waals surface area contributed by atoms with Crippen molar-refractivity contribution in [1.82, 2.24) is 14.7 Å². The molecule has 0 fully saturated rings. The van der Waals surface area contributed by atoms with E-state index in [0.29, 0.717) is 24.7 Å². The first kappa shape index (κ1) is 26.3. The Kier molecular flexibility index (Phi) is 9.74. The van der Waals surface area contributed by atoms with Crippen molar-refractivity contribution in [2.45, 2.75) is 45.9 Å². The molecule has 0 unspecified atom stereocenters. The number of methoxy groups -OCH3 is 1. The van der Waals surface area contributed by atoms with Crippen LogP contribution in [0.1, 0.15) is 32.0 Å². The normalized spacial score (nSPS) is 12.1. The summed E-state index contributed by atoms with van der Waals surface area (Å²) in [6, 6.07) is 17.6. The molecule has 0 amide bonds. The van der Waals surface area contributed by atoms with Gasteiger partial charge in [-0.2, -0.15) is 5.10 Å². The zero-order chi connectivity index (χ0) is 25.2. The minimum atomic E-state index is -0.661.